The molecule has 6 heteroatoms. The zero-order chi connectivity index (χ0) is 17.1. The molecule has 2 aromatic rings. The molecule has 2 atom stereocenters. The predicted octanol–water partition coefficient (Wildman–Crippen LogP) is 2.62. The van der Waals surface area contributed by atoms with Crippen LogP contribution in [0.1, 0.15) is 30.9 Å². The molecule has 1 N–H and O–H groups in total. The standard InChI is InChI=1S/C19H24N4O2/c24-19(22-11-3-6-17(13-22)23-12-4-10-20-23)21-16-9-8-15-5-1-2-7-18(15)25-14-16/h1-2,4-5,7,10,12,16-17H,3,6,8-9,11,13-14H2,(H,21,24). The summed E-state index contributed by atoms with van der Waals surface area (Å²) in [5, 5.41) is 7.48. The first kappa shape index (κ1) is 16.0. The Morgan fingerprint density at radius 3 is 3.04 bits per heavy atom. The van der Waals surface area contributed by atoms with Crippen molar-refractivity contribution < 1.29 is 9.53 Å². The molecule has 1 aromatic heterocycles. The van der Waals surface area contributed by atoms with Crippen molar-refractivity contribution in [2.45, 2.75) is 37.8 Å². The monoisotopic (exact) mass is 340 g/mol. The summed E-state index contributed by atoms with van der Waals surface area (Å²) in [4.78, 5) is 14.6. The van der Waals surface area contributed by atoms with Gasteiger partial charge in [0.05, 0.1) is 12.1 Å². The number of ether oxygens (including phenoxy) is 1. The summed E-state index contributed by atoms with van der Waals surface area (Å²) in [5.41, 5.74) is 1.22. The van der Waals surface area contributed by atoms with Crippen molar-refractivity contribution in [3.05, 3.63) is 48.3 Å². The quantitative estimate of drug-likeness (QED) is 0.914. The molecule has 2 amide bonds. The number of urea groups is 1. The number of benzene rings is 1. The van der Waals surface area contributed by atoms with Crippen LogP contribution in [0.5, 0.6) is 5.75 Å². The van der Waals surface area contributed by atoms with Crippen LogP contribution in [0.4, 0.5) is 4.79 Å². The second-order valence-corrected chi connectivity index (χ2v) is 6.83. The first-order valence-electron chi connectivity index (χ1n) is 9.05. The van der Waals surface area contributed by atoms with Crippen LogP contribution in [0, 0.1) is 0 Å². The van der Waals surface area contributed by atoms with Crippen LogP contribution in [0.3, 0.4) is 0 Å². The summed E-state index contributed by atoms with van der Waals surface area (Å²) in [6.07, 6.45) is 7.66. The zero-order valence-corrected chi connectivity index (χ0v) is 14.3. The lowest BCUT2D eigenvalue weighted by Crippen LogP contribution is -2.50. The van der Waals surface area contributed by atoms with Crippen LogP contribution in [0.25, 0.3) is 0 Å². The van der Waals surface area contributed by atoms with Gasteiger partial charge in [-0.15, -0.1) is 0 Å². The molecule has 1 fully saturated rings. The van der Waals surface area contributed by atoms with Crippen molar-refractivity contribution in [3.8, 4) is 5.75 Å². The Balaban J connectivity index is 1.34. The number of nitrogens with one attached hydrogen (secondary N) is 1. The average molecular weight is 340 g/mol. The maximum atomic E-state index is 12.7. The Labute approximate surface area is 147 Å². The van der Waals surface area contributed by atoms with Crippen LogP contribution in [0.15, 0.2) is 42.7 Å². The zero-order valence-electron chi connectivity index (χ0n) is 14.3. The van der Waals surface area contributed by atoms with Gasteiger partial charge in [0.15, 0.2) is 0 Å². The number of likely N-dealkylation sites (tertiary alicyclic amines) is 1. The first-order chi connectivity index (χ1) is 12.3. The summed E-state index contributed by atoms with van der Waals surface area (Å²) in [6, 6.07) is 10.4. The SMILES string of the molecule is O=C(NC1CCc2ccccc2OC1)N1CCCC(n2cccn2)C1. The Hall–Kier alpha value is -2.50. The molecule has 2 unspecified atom stereocenters. The van der Waals surface area contributed by atoms with Crippen LogP contribution >= 0.6 is 0 Å². The highest BCUT2D eigenvalue weighted by Crippen LogP contribution is 2.24. The topological polar surface area (TPSA) is 59.4 Å². The third-order valence-corrected chi connectivity index (χ3v) is 5.09. The number of hydrogen-bond acceptors (Lipinski definition) is 3. The van der Waals surface area contributed by atoms with Crippen molar-refractivity contribution in [3.63, 3.8) is 0 Å². The van der Waals surface area contributed by atoms with Gasteiger partial charge in [0, 0.05) is 25.5 Å². The van der Waals surface area contributed by atoms with E-state index < -0.39 is 0 Å². The number of hydrogen-bond donors (Lipinski definition) is 1. The molecule has 25 heavy (non-hydrogen) atoms. The molecule has 0 spiro atoms. The van der Waals surface area contributed by atoms with Crippen molar-refractivity contribution in [1.29, 1.82) is 0 Å². The van der Waals surface area contributed by atoms with Gasteiger partial charge in [0.1, 0.15) is 12.4 Å². The van der Waals surface area contributed by atoms with E-state index in [2.05, 4.69) is 16.5 Å². The molecule has 0 radical (unpaired) electrons. The molecule has 4 rings (SSSR count). The van der Waals surface area contributed by atoms with Gasteiger partial charge in [0.2, 0.25) is 0 Å². The largest absolute Gasteiger partial charge is 0.491 e. The highest BCUT2D eigenvalue weighted by Gasteiger charge is 2.27. The van der Waals surface area contributed by atoms with E-state index in [1.54, 1.807) is 6.20 Å². The number of piperidine rings is 1. The molecule has 6 nitrogen and oxygen atoms in total. The molecular weight excluding hydrogens is 316 g/mol. The van der Waals surface area contributed by atoms with Gasteiger partial charge in [-0.05, 0) is 43.4 Å². The minimum absolute atomic E-state index is 0.0106. The maximum Gasteiger partial charge on any atom is 0.317 e. The van der Waals surface area contributed by atoms with E-state index in [0.29, 0.717) is 13.2 Å². The molecule has 1 saturated heterocycles. The van der Waals surface area contributed by atoms with E-state index in [0.717, 1.165) is 38.0 Å². The van der Waals surface area contributed by atoms with Gasteiger partial charge in [-0.25, -0.2) is 4.79 Å². The lowest BCUT2D eigenvalue weighted by molar-refractivity contribution is 0.155. The van der Waals surface area contributed by atoms with Crippen molar-refractivity contribution in [2.75, 3.05) is 19.7 Å². The molecule has 2 aliphatic rings. The molecule has 132 valence electrons. The smallest absolute Gasteiger partial charge is 0.317 e. The number of rotatable bonds is 2. The third kappa shape index (κ3) is 3.62. The Morgan fingerprint density at radius 2 is 2.16 bits per heavy atom. The molecular formula is C19H24N4O2. The van der Waals surface area contributed by atoms with Gasteiger partial charge < -0.3 is 15.0 Å². The second-order valence-electron chi connectivity index (χ2n) is 6.83. The van der Waals surface area contributed by atoms with E-state index in [-0.39, 0.29) is 18.1 Å². The maximum absolute atomic E-state index is 12.7. The van der Waals surface area contributed by atoms with E-state index >= 15 is 0 Å². The number of para-hydroxylation sites is 1. The Bertz CT molecular complexity index is 689. The van der Waals surface area contributed by atoms with Crippen LogP contribution < -0.4 is 10.1 Å². The number of carbonyl (C=O) groups excluding carboxylic acids is 1. The van der Waals surface area contributed by atoms with Crippen molar-refractivity contribution in [2.24, 2.45) is 0 Å². The predicted molar refractivity (Wildman–Crippen MR) is 94.6 cm³/mol. The summed E-state index contributed by atoms with van der Waals surface area (Å²) in [7, 11) is 0. The highest BCUT2D eigenvalue weighted by atomic mass is 16.5. The summed E-state index contributed by atoms with van der Waals surface area (Å²) < 4.78 is 7.85. The lowest BCUT2D eigenvalue weighted by Gasteiger charge is -2.33. The summed E-state index contributed by atoms with van der Waals surface area (Å²) in [6.45, 7) is 2.04. The lowest BCUT2D eigenvalue weighted by atomic mass is 10.1. The molecule has 3 heterocycles. The van der Waals surface area contributed by atoms with E-state index in [9.17, 15) is 4.79 Å². The Morgan fingerprint density at radius 1 is 1.24 bits per heavy atom. The number of aryl methyl sites for hydroxylation is 1. The minimum atomic E-state index is 0.0106. The Kier molecular flexibility index (Phi) is 4.59. The van der Waals surface area contributed by atoms with Crippen LogP contribution in [-0.2, 0) is 6.42 Å². The van der Waals surface area contributed by atoms with E-state index in [1.165, 1.54) is 5.56 Å². The second kappa shape index (κ2) is 7.17. The normalized spacial score (nSPS) is 23.3. The van der Waals surface area contributed by atoms with Crippen LogP contribution in [0.2, 0.25) is 0 Å². The van der Waals surface area contributed by atoms with E-state index in [1.807, 2.05) is 40.0 Å². The fraction of sp³-hybridized carbons (Fsp3) is 0.474. The molecule has 1 aromatic carbocycles. The van der Waals surface area contributed by atoms with Gasteiger partial charge in [-0.3, -0.25) is 4.68 Å². The molecule has 0 bridgehead atoms. The van der Waals surface area contributed by atoms with Crippen LogP contribution in [-0.4, -0.2) is 46.4 Å². The van der Waals surface area contributed by atoms with Gasteiger partial charge in [-0.1, -0.05) is 18.2 Å². The number of nitrogens with zero attached hydrogens (tertiary/aromatic N) is 3. The minimum Gasteiger partial charge on any atom is -0.491 e. The molecule has 0 aliphatic carbocycles. The first-order valence-corrected chi connectivity index (χ1v) is 9.05. The summed E-state index contributed by atoms with van der Waals surface area (Å²) in [5.74, 6) is 0.941. The van der Waals surface area contributed by atoms with Gasteiger partial charge in [0.25, 0.3) is 0 Å². The molecule has 2 aliphatic heterocycles. The van der Waals surface area contributed by atoms with Crippen molar-refractivity contribution >= 4 is 6.03 Å². The third-order valence-electron chi connectivity index (χ3n) is 5.09. The summed E-state index contributed by atoms with van der Waals surface area (Å²) >= 11 is 0. The number of amides is 2. The number of fused-ring (bicyclic) bond motifs is 1. The van der Waals surface area contributed by atoms with Gasteiger partial charge in [-0.2, -0.15) is 5.10 Å². The fourth-order valence-corrected chi connectivity index (χ4v) is 3.69. The van der Waals surface area contributed by atoms with Crippen molar-refractivity contribution in [1.82, 2.24) is 20.0 Å². The van der Waals surface area contributed by atoms with E-state index in [4.69, 9.17) is 4.74 Å². The van der Waals surface area contributed by atoms with Gasteiger partial charge >= 0.3 is 6.03 Å². The number of aromatic nitrogens is 2. The fourth-order valence-electron chi connectivity index (χ4n) is 3.69. The molecule has 0 saturated carbocycles. The average Bonchev–Trinajstić information content (AvgIpc) is 3.12. The number of carbonyl (C=O) groups is 1. The highest BCUT2D eigenvalue weighted by molar-refractivity contribution is 5.74.